The summed E-state index contributed by atoms with van der Waals surface area (Å²) in [4.78, 5) is 12.8. The van der Waals surface area contributed by atoms with E-state index in [9.17, 15) is 18.0 Å². The largest absolute Gasteiger partial charge is 0.418 e. The Labute approximate surface area is 128 Å². The molecule has 1 aliphatic rings. The highest BCUT2D eigenvalue weighted by Crippen LogP contribution is 2.38. The van der Waals surface area contributed by atoms with Crippen LogP contribution in [0.4, 0.5) is 18.9 Å². The first kappa shape index (κ1) is 15.4. The Kier molecular flexibility index (Phi) is 4.46. The average molecular weight is 398 g/mol. The lowest BCUT2D eigenvalue weighted by molar-refractivity contribution is -0.137. The number of benzene rings is 1. The Morgan fingerprint density at radius 3 is 2.40 bits per heavy atom. The summed E-state index contributed by atoms with van der Waals surface area (Å²) in [7, 11) is 0. The third-order valence-electron chi connectivity index (χ3n) is 3.50. The number of hydrogen-bond acceptors (Lipinski definition) is 2. The van der Waals surface area contributed by atoms with Crippen molar-refractivity contribution in [3.63, 3.8) is 0 Å². The van der Waals surface area contributed by atoms with Crippen molar-refractivity contribution in [2.24, 2.45) is 11.7 Å². The van der Waals surface area contributed by atoms with Crippen LogP contribution in [0, 0.1) is 9.49 Å². The van der Waals surface area contributed by atoms with Crippen LogP contribution in [-0.4, -0.2) is 19.0 Å². The average Bonchev–Trinajstić information content (AvgIpc) is 2.38. The van der Waals surface area contributed by atoms with Crippen LogP contribution in [0.1, 0.15) is 18.4 Å². The van der Waals surface area contributed by atoms with E-state index in [0.717, 1.165) is 6.07 Å². The fraction of sp³-hybridized carbons (Fsp3) is 0.462. The standard InChI is InChI=1S/C13H14F3IN2O/c14-13(15,16)10-7-9(17)1-2-11(10)19-5-3-8(4-6-19)12(18)20/h1-2,7-8H,3-6H2,(H2,18,20). The van der Waals surface area contributed by atoms with E-state index in [0.29, 0.717) is 29.5 Å². The highest BCUT2D eigenvalue weighted by molar-refractivity contribution is 14.1. The number of primary amides is 1. The normalized spacial score (nSPS) is 17.3. The van der Waals surface area contributed by atoms with E-state index in [-0.39, 0.29) is 17.5 Å². The van der Waals surface area contributed by atoms with Gasteiger partial charge in [-0.2, -0.15) is 13.2 Å². The van der Waals surface area contributed by atoms with Gasteiger partial charge in [-0.25, -0.2) is 0 Å². The SMILES string of the molecule is NC(=O)C1CCN(c2ccc(I)cc2C(F)(F)F)CC1. The molecule has 0 spiro atoms. The monoisotopic (exact) mass is 398 g/mol. The zero-order valence-electron chi connectivity index (χ0n) is 10.6. The number of anilines is 1. The Morgan fingerprint density at radius 1 is 1.30 bits per heavy atom. The van der Waals surface area contributed by atoms with Crippen molar-refractivity contribution in [3.8, 4) is 0 Å². The number of carbonyl (C=O) groups excluding carboxylic acids is 1. The smallest absolute Gasteiger partial charge is 0.371 e. The van der Waals surface area contributed by atoms with Gasteiger partial charge in [0.2, 0.25) is 5.91 Å². The maximum absolute atomic E-state index is 13.1. The van der Waals surface area contributed by atoms with Gasteiger partial charge in [-0.05, 0) is 53.6 Å². The van der Waals surface area contributed by atoms with E-state index in [4.69, 9.17) is 5.73 Å². The molecule has 2 rings (SSSR count). The molecular weight excluding hydrogens is 384 g/mol. The third kappa shape index (κ3) is 3.36. The molecule has 1 aromatic rings. The maximum atomic E-state index is 13.1. The number of amides is 1. The van der Waals surface area contributed by atoms with Crippen molar-refractivity contribution in [2.45, 2.75) is 19.0 Å². The Hall–Kier alpha value is -0.990. The molecule has 0 bridgehead atoms. The molecule has 0 aromatic heterocycles. The lowest BCUT2D eigenvalue weighted by Gasteiger charge is -2.34. The van der Waals surface area contributed by atoms with Gasteiger partial charge in [0.25, 0.3) is 0 Å². The van der Waals surface area contributed by atoms with Gasteiger partial charge in [0.1, 0.15) is 0 Å². The second-order valence-electron chi connectivity index (χ2n) is 4.82. The lowest BCUT2D eigenvalue weighted by Crippen LogP contribution is -2.39. The third-order valence-corrected chi connectivity index (χ3v) is 4.17. The quantitative estimate of drug-likeness (QED) is 0.779. The molecule has 110 valence electrons. The highest BCUT2D eigenvalue weighted by Gasteiger charge is 2.36. The van der Waals surface area contributed by atoms with E-state index in [1.165, 1.54) is 6.07 Å². The molecular formula is C13H14F3IN2O. The topological polar surface area (TPSA) is 46.3 Å². The van der Waals surface area contributed by atoms with Crippen molar-refractivity contribution in [1.82, 2.24) is 0 Å². The number of carbonyl (C=O) groups is 1. The summed E-state index contributed by atoms with van der Waals surface area (Å²) < 4.78 is 39.8. The summed E-state index contributed by atoms with van der Waals surface area (Å²) in [5.41, 5.74) is 4.79. The van der Waals surface area contributed by atoms with Crippen LogP contribution in [0.3, 0.4) is 0 Å². The van der Waals surface area contributed by atoms with Gasteiger partial charge in [-0.3, -0.25) is 4.79 Å². The minimum absolute atomic E-state index is 0.181. The zero-order chi connectivity index (χ0) is 14.9. The molecule has 2 N–H and O–H groups in total. The van der Waals surface area contributed by atoms with Gasteiger partial charge < -0.3 is 10.6 Å². The van der Waals surface area contributed by atoms with Crippen LogP contribution < -0.4 is 10.6 Å². The molecule has 3 nitrogen and oxygen atoms in total. The molecule has 0 saturated carbocycles. The molecule has 1 heterocycles. The second-order valence-corrected chi connectivity index (χ2v) is 6.07. The van der Waals surface area contributed by atoms with Crippen molar-refractivity contribution in [3.05, 3.63) is 27.3 Å². The molecule has 1 fully saturated rings. The summed E-state index contributed by atoms with van der Waals surface area (Å²) in [6.07, 6.45) is -3.38. The fourth-order valence-corrected chi connectivity index (χ4v) is 2.91. The molecule has 1 saturated heterocycles. The van der Waals surface area contributed by atoms with Gasteiger partial charge in [0.15, 0.2) is 0 Å². The van der Waals surface area contributed by atoms with E-state index in [2.05, 4.69) is 0 Å². The Morgan fingerprint density at radius 2 is 1.90 bits per heavy atom. The molecule has 1 aromatic carbocycles. The number of nitrogens with zero attached hydrogens (tertiary/aromatic N) is 1. The first-order valence-corrected chi connectivity index (χ1v) is 7.28. The van der Waals surface area contributed by atoms with Crippen LogP contribution in [0.5, 0.6) is 0 Å². The molecule has 0 aliphatic carbocycles. The first-order valence-electron chi connectivity index (χ1n) is 6.20. The van der Waals surface area contributed by atoms with Crippen LogP contribution in [0.2, 0.25) is 0 Å². The summed E-state index contributed by atoms with van der Waals surface area (Å²) in [6.45, 7) is 0.828. The molecule has 20 heavy (non-hydrogen) atoms. The van der Waals surface area contributed by atoms with Crippen LogP contribution in [0.25, 0.3) is 0 Å². The van der Waals surface area contributed by atoms with Crippen LogP contribution in [-0.2, 0) is 11.0 Å². The van der Waals surface area contributed by atoms with Gasteiger partial charge >= 0.3 is 6.18 Å². The number of piperidine rings is 1. The van der Waals surface area contributed by atoms with Crippen LogP contribution >= 0.6 is 22.6 Å². The fourth-order valence-electron chi connectivity index (χ4n) is 2.42. The molecule has 7 heteroatoms. The highest BCUT2D eigenvalue weighted by atomic mass is 127. The predicted octanol–water partition coefficient (Wildman–Crippen LogP) is 3.01. The van der Waals surface area contributed by atoms with Gasteiger partial charge in [-0.1, -0.05) is 0 Å². The van der Waals surface area contributed by atoms with Gasteiger partial charge in [-0.15, -0.1) is 0 Å². The lowest BCUT2D eigenvalue weighted by atomic mass is 9.95. The molecule has 0 radical (unpaired) electrons. The second kappa shape index (κ2) is 5.79. The Bertz CT molecular complexity index is 511. The van der Waals surface area contributed by atoms with Crippen molar-refractivity contribution < 1.29 is 18.0 Å². The molecule has 1 aliphatic heterocycles. The molecule has 1 amide bonds. The summed E-state index contributed by atoms with van der Waals surface area (Å²) in [5, 5.41) is 0. The number of nitrogens with two attached hydrogens (primary N) is 1. The zero-order valence-corrected chi connectivity index (χ0v) is 12.7. The van der Waals surface area contributed by atoms with Crippen molar-refractivity contribution >= 4 is 34.2 Å². The maximum Gasteiger partial charge on any atom is 0.418 e. The number of hydrogen-bond donors (Lipinski definition) is 1. The van der Waals surface area contributed by atoms with Crippen molar-refractivity contribution in [1.29, 1.82) is 0 Å². The van der Waals surface area contributed by atoms with Gasteiger partial charge in [0.05, 0.1) is 5.56 Å². The Balaban J connectivity index is 2.24. The minimum Gasteiger partial charge on any atom is -0.371 e. The molecule has 0 atom stereocenters. The summed E-state index contributed by atoms with van der Waals surface area (Å²) in [5.74, 6) is -0.604. The van der Waals surface area contributed by atoms with E-state index in [1.807, 2.05) is 22.6 Å². The van der Waals surface area contributed by atoms with Crippen LogP contribution in [0.15, 0.2) is 18.2 Å². The molecule has 0 unspecified atom stereocenters. The predicted molar refractivity (Wildman–Crippen MR) is 78.3 cm³/mol. The summed E-state index contributed by atoms with van der Waals surface area (Å²) >= 11 is 1.87. The van der Waals surface area contributed by atoms with E-state index in [1.54, 1.807) is 11.0 Å². The summed E-state index contributed by atoms with van der Waals surface area (Å²) in [6, 6.07) is 4.30. The number of rotatable bonds is 2. The number of halogens is 4. The van der Waals surface area contributed by atoms with Gasteiger partial charge in [0, 0.05) is 28.3 Å². The van der Waals surface area contributed by atoms with E-state index < -0.39 is 11.7 Å². The van der Waals surface area contributed by atoms with Crippen molar-refractivity contribution in [2.75, 3.05) is 18.0 Å². The minimum atomic E-state index is -4.38. The number of alkyl halides is 3. The first-order chi connectivity index (χ1) is 9.29. The van der Waals surface area contributed by atoms with E-state index >= 15 is 0 Å².